The molecule has 0 saturated heterocycles. The van der Waals surface area contributed by atoms with Crippen molar-refractivity contribution >= 4 is 5.91 Å². The maximum absolute atomic E-state index is 11.2. The Bertz CT molecular complexity index is 160. The van der Waals surface area contributed by atoms with Crippen molar-refractivity contribution in [3.05, 3.63) is 0 Å². The Balaban J connectivity index is 3.39. The van der Waals surface area contributed by atoms with Gasteiger partial charge < -0.3 is 15.0 Å². The van der Waals surface area contributed by atoms with Gasteiger partial charge in [0.05, 0.1) is 6.61 Å². The summed E-state index contributed by atoms with van der Waals surface area (Å²) < 4.78 is 5.24. The van der Waals surface area contributed by atoms with Crippen LogP contribution in [0.1, 0.15) is 20.3 Å². The number of ether oxygens (including phenoxy) is 1. The third-order valence-corrected chi connectivity index (χ3v) is 1.90. The van der Waals surface area contributed by atoms with Crippen LogP contribution < -0.4 is 5.32 Å². The van der Waals surface area contributed by atoms with Crippen LogP contribution in [0.3, 0.4) is 0 Å². The minimum Gasteiger partial charge on any atom is -0.380 e. The van der Waals surface area contributed by atoms with Crippen molar-refractivity contribution in [1.29, 1.82) is 0 Å². The topological polar surface area (TPSA) is 41.6 Å². The molecule has 0 heterocycles. The maximum atomic E-state index is 11.2. The van der Waals surface area contributed by atoms with Gasteiger partial charge >= 0.3 is 0 Å². The molecule has 0 fully saturated rings. The Morgan fingerprint density at radius 2 is 2.14 bits per heavy atom. The molecule has 0 aromatic rings. The van der Waals surface area contributed by atoms with E-state index in [2.05, 4.69) is 12.2 Å². The largest absolute Gasteiger partial charge is 0.380 e. The van der Waals surface area contributed by atoms with Gasteiger partial charge in [0.15, 0.2) is 0 Å². The van der Waals surface area contributed by atoms with Crippen LogP contribution in [0.25, 0.3) is 0 Å². The van der Waals surface area contributed by atoms with E-state index in [1.54, 1.807) is 19.0 Å². The Morgan fingerprint density at radius 1 is 1.50 bits per heavy atom. The molecule has 1 N–H and O–H groups in total. The van der Waals surface area contributed by atoms with E-state index < -0.39 is 0 Å². The molecule has 0 aliphatic heterocycles. The monoisotopic (exact) mass is 202 g/mol. The number of hydrogen-bond donors (Lipinski definition) is 1. The first-order chi connectivity index (χ1) is 6.57. The summed E-state index contributed by atoms with van der Waals surface area (Å²) >= 11 is 0. The standard InChI is InChI=1S/C10H22N2O2/c1-5-14-8-9(2)11-7-6-10(13)12(3)4/h9,11H,5-8H2,1-4H3. The molecule has 0 aliphatic rings. The molecule has 4 nitrogen and oxygen atoms in total. The first-order valence-corrected chi connectivity index (χ1v) is 5.09. The maximum Gasteiger partial charge on any atom is 0.223 e. The number of amides is 1. The lowest BCUT2D eigenvalue weighted by molar-refractivity contribution is -0.128. The number of carbonyl (C=O) groups excluding carboxylic acids is 1. The first-order valence-electron chi connectivity index (χ1n) is 5.09. The predicted octanol–water partition coefficient (Wildman–Crippen LogP) is 0.479. The highest BCUT2D eigenvalue weighted by Crippen LogP contribution is 1.88. The summed E-state index contributed by atoms with van der Waals surface area (Å²) in [6, 6.07) is 0.310. The number of nitrogens with zero attached hydrogens (tertiary/aromatic N) is 1. The number of rotatable bonds is 7. The highest BCUT2D eigenvalue weighted by Gasteiger charge is 2.05. The third kappa shape index (κ3) is 6.86. The summed E-state index contributed by atoms with van der Waals surface area (Å²) in [7, 11) is 3.54. The fourth-order valence-electron chi connectivity index (χ4n) is 1.00. The van der Waals surface area contributed by atoms with E-state index in [1.165, 1.54) is 0 Å². The lowest BCUT2D eigenvalue weighted by atomic mass is 10.3. The van der Waals surface area contributed by atoms with Gasteiger partial charge in [-0.3, -0.25) is 4.79 Å². The van der Waals surface area contributed by atoms with Crippen molar-refractivity contribution in [1.82, 2.24) is 10.2 Å². The molecular formula is C10H22N2O2. The second-order valence-corrected chi connectivity index (χ2v) is 3.55. The van der Waals surface area contributed by atoms with E-state index in [0.717, 1.165) is 6.61 Å². The minimum absolute atomic E-state index is 0.154. The van der Waals surface area contributed by atoms with Crippen molar-refractivity contribution < 1.29 is 9.53 Å². The molecule has 14 heavy (non-hydrogen) atoms. The average molecular weight is 202 g/mol. The van der Waals surface area contributed by atoms with Crippen LogP contribution in [0.2, 0.25) is 0 Å². The highest BCUT2D eigenvalue weighted by molar-refractivity contribution is 5.75. The van der Waals surface area contributed by atoms with Gasteiger partial charge in [0.25, 0.3) is 0 Å². The fraction of sp³-hybridized carbons (Fsp3) is 0.900. The Morgan fingerprint density at radius 3 is 2.64 bits per heavy atom. The number of nitrogens with one attached hydrogen (secondary N) is 1. The van der Waals surface area contributed by atoms with Crippen molar-refractivity contribution in [2.24, 2.45) is 0 Å². The highest BCUT2D eigenvalue weighted by atomic mass is 16.5. The molecule has 0 spiro atoms. The summed E-state index contributed by atoms with van der Waals surface area (Å²) in [5.41, 5.74) is 0. The van der Waals surface area contributed by atoms with Gasteiger partial charge in [0, 0.05) is 39.7 Å². The molecule has 0 aromatic heterocycles. The SMILES string of the molecule is CCOCC(C)NCCC(=O)N(C)C. The number of carbonyl (C=O) groups is 1. The molecule has 1 unspecified atom stereocenters. The molecule has 84 valence electrons. The third-order valence-electron chi connectivity index (χ3n) is 1.90. The van der Waals surface area contributed by atoms with Gasteiger partial charge in [-0.05, 0) is 13.8 Å². The Hall–Kier alpha value is -0.610. The smallest absolute Gasteiger partial charge is 0.223 e. The van der Waals surface area contributed by atoms with Crippen molar-refractivity contribution in [2.45, 2.75) is 26.3 Å². The van der Waals surface area contributed by atoms with E-state index in [4.69, 9.17) is 4.74 Å². The van der Waals surface area contributed by atoms with Crippen molar-refractivity contribution in [3.63, 3.8) is 0 Å². The van der Waals surface area contributed by atoms with Gasteiger partial charge in [-0.15, -0.1) is 0 Å². The summed E-state index contributed by atoms with van der Waals surface area (Å²) in [5, 5.41) is 3.23. The van der Waals surface area contributed by atoms with E-state index in [-0.39, 0.29) is 5.91 Å². The number of hydrogen-bond acceptors (Lipinski definition) is 3. The van der Waals surface area contributed by atoms with E-state index >= 15 is 0 Å². The quantitative estimate of drug-likeness (QED) is 0.653. The second-order valence-electron chi connectivity index (χ2n) is 3.55. The average Bonchev–Trinajstić information content (AvgIpc) is 2.14. The zero-order valence-electron chi connectivity index (χ0n) is 9.67. The Labute approximate surface area is 86.6 Å². The lowest BCUT2D eigenvalue weighted by Gasteiger charge is -2.14. The molecule has 0 aliphatic carbocycles. The molecule has 0 rings (SSSR count). The Kier molecular flexibility index (Phi) is 7.42. The van der Waals surface area contributed by atoms with Crippen LogP contribution in [-0.4, -0.2) is 50.7 Å². The molecule has 0 saturated carbocycles. The summed E-state index contributed by atoms with van der Waals surface area (Å²) in [6.45, 7) is 6.18. The van der Waals surface area contributed by atoms with Crippen LogP contribution in [0.5, 0.6) is 0 Å². The van der Waals surface area contributed by atoms with Crippen LogP contribution in [0, 0.1) is 0 Å². The summed E-state index contributed by atoms with van der Waals surface area (Å²) in [6.07, 6.45) is 0.545. The molecule has 1 atom stereocenters. The minimum atomic E-state index is 0.154. The van der Waals surface area contributed by atoms with Crippen LogP contribution in [-0.2, 0) is 9.53 Å². The molecule has 0 aromatic carbocycles. The second kappa shape index (κ2) is 7.76. The van der Waals surface area contributed by atoms with Gasteiger partial charge in [-0.1, -0.05) is 0 Å². The van der Waals surface area contributed by atoms with Gasteiger partial charge in [-0.25, -0.2) is 0 Å². The zero-order valence-corrected chi connectivity index (χ0v) is 9.67. The van der Waals surface area contributed by atoms with Gasteiger partial charge in [0.2, 0.25) is 5.91 Å². The molecule has 0 radical (unpaired) electrons. The molecule has 0 bridgehead atoms. The molecular weight excluding hydrogens is 180 g/mol. The van der Waals surface area contributed by atoms with Gasteiger partial charge in [-0.2, -0.15) is 0 Å². The molecule has 4 heteroatoms. The van der Waals surface area contributed by atoms with Crippen molar-refractivity contribution in [3.8, 4) is 0 Å². The van der Waals surface area contributed by atoms with E-state index in [0.29, 0.717) is 25.6 Å². The van der Waals surface area contributed by atoms with Crippen LogP contribution in [0.4, 0.5) is 0 Å². The predicted molar refractivity (Wildman–Crippen MR) is 57.3 cm³/mol. The van der Waals surface area contributed by atoms with Crippen LogP contribution >= 0.6 is 0 Å². The normalized spacial score (nSPS) is 12.6. The summed E-state index contributed by atoms with van der Waals surface area (Å²) in [5.74, 6) is 0.154. The van der Waals surface area contributed by atoms with E-state index in [9.17, 15) is 4.79 Å². The fourth-order valence-corrected chi connectivity index (χ4v) is 1.00. The van der Waals surface area contributed by atoms with Crippen LogP contribution in [0.15, 0.2) is 0 Å². The molecule has 1 amide bonds. The first kappa shape index (κ1) is 13.4. The van der Waals surface area contributed by atoms with Gasteiger partial charge in [0.1, 0.15) is 0 Å². The summed E-state index contributed by atoms with van der Waals surface area (Å²) in [4.78, 5) is 12.8. The van der Waals surface area contributed by atoms with Crippen molar-refractivity contribution in [2.75, 3.05) is 33.9 Å². The lowest BCUT2D eigenvalue weighted by Crippen LogP contribution is -2.34. The zero-order chi connectivity index (χ0) is 11.0. The van der Waals surface area contributed by atoms with E-state index in [1.807, 2.05) is 6.92 Å².